The standard InChI is InChI=1S/C27H29ClN2/c1-4-30-18-23(14-12-19(2)28)26-16-21(13-15-27(26)30)17-29-20(3)24-11-7-9-22-8-5-6-10-25(22)24/h5-13,15-16,18,20,29H,4,14,17H2,1-3H3/b19-12+. The van der Waals surface area contributed by atoms with Crippen LogP contribution in [-0.4, -0.2) is 4.57 Å². The molecule has 30 heavy (non-hydrogen) atoms. The molecule has 2 nitrogen and oxygen atoms in total. The SMILES string of the molecule is CCn1cc(C/C=C(\C)Cl)c2cc(CNC(C)c3cccc4ccccc34)ccc21. The fraction of sp³-hybridized carbons (Fsp3) is 0.259. The van der Waals surface area contributed by atoms with E-state index in [9.17, 15) is 0 Å². The van der Waals surface area contributed by atoms with Crippen LogP contribution in [0.4, 0.5) is 0 Å². The van der Waals surface area contributed by atoms with E-state index in [-0.39, 0.29) is 6.04 Å². The fourth-order valence-corrected chi connectivity index (χ4v) is 4.29. The Hall–Kier alpha value is -2.55. The first-order valence-corrected chi connectivity index (χ1v) is 11.1. The molecule has 0 radical (unpaired) electrons. The van der Waals surface area contributed by atoms with Gasteiger partial charge < -0.3 is 9.88 Å². The summed E-state index contributed by atoms with van der Waals surface area (Å²) in [5, 5.41) is 8.50. The zero-order valence-electron chi connectivity index (χ0n) is 18.0. The predicted octanol–water partition coefficient (Wildman–Crippen LogP) is 7.35. The number of nitrogens with zero attached hydrogens (tertiary/aromatic N) is 1. The van der Waals surface area contributed by atoms with Gasteiger partial charge in [0.15, 0.2) is 0 Å². The van der Waals surface area contributed by atoms with Gasteiger partial charge in [-0.3, -0.25) is 0 Å². The molecule has 1 heterocycles. The van der Waals surface area contributed by atoms with Crippen LogP contribution in [0.25, 0.3) is 21.7 Å². The first-order valence-electron chi connectivity index (χ1n) is 10.7. The van der Waals surface area contributed by atoms with Gasteiger partial charge in [0.25, 0.3) is 0 Å². The van der Waals surface area contributed by atoms with Crippen molar-refractivity contribution in [3.8, 4) is 0 Å². The second kappa shape index (κ2) is 9.07. The number of fused-ring (bicyclic) bond motifs is 2. The number of nitrogens with one attached hydrogen (secondary N) is 1. The monoisotopic (exact) mass is 416 g/mol. The van der Waals surface area contributed by atoms with E-state index in [1.54, 1.807) is 0 Å². The van der Waals surface area contributed by atoms with Crippen LogP contribution in [-0.2, 0) is 19.5 Å². The molecule has 1 N–H and O–H groups in total. The van der Waals surface area contributed by atoms with Crippen molar-refractivity contribution in [1.29, 1.82) is 0 Å². The van der Waals surface area contributed by atoms with E-state index in [0.29, 0.717) is 0 Å². The molecule has 0 aliphatic rings. The van der Waals surface area contributed by atoms with Crippen molar-refractivity contribution >= 4 is 33.3 Å². The molecule has 0 spiro atoms. The average molecular weight is 417 g/mol. The van der Waals surface area contributed by atoms with Gasteiger partial charge in [-0.05, 0) is 66.8 Å². The minimum absolute atomic E-state index is 0.272. The van der Waals surface area contributed by atoms with Crippen molar-refractivity contribution in [3.05, 3.63) is 94.7 Å². The van der Waals surface area contributed by atoms with Gasteiger partial charge in [0, 0.05) is 41.3 Å². The smallest absolute Gasteiger partial charge is 0.0483 e. The van der Waals surface area contributed by atoms with E-state index < -0.39 is 0 Å². The summed E-state index contributed by atoms with van der Waals surface area (Å²) in [6, 6.07) is 22.2. The van der Waals surface area contributed by atoms with E-state index in [2.05, 4.69) is 96.7 Å². The van der Waals surface area contributed by atoms with Crippen LogP contribution in [0.1, 0.15) is 43.5 Å². The minimum Gasteiger partial charge on any atom is -0.347 e. The second-order valence-electron chi connectivity index (χ2n) is 7.96. The van der Waals surface area contributed by atoms with Crippen molar-refractivity contribution in [2.75, 3.05) is 0 Å². The Morgan fingerprint density at radius 3 is 2.67 bits per heavy atom. The lowest BCUT2D eigenvalue weighted by molar-refractivity contribution is 0.578. The van der Waals surface area contributed by atoms with Crippen LogP contribution in [0.15, 0.2) is 78.0 Å². The molecule has 0 aliphatic heterocycles. The highest BCUT2D eigenvalue weighted by molar-refractivity contribution is 6.29. The van der Waals surface area contributed by atoms with E-state index in [0.717, 1.165) is 24.5 Å². The number of benzene rings is 3. The lowest BCUT2D eigenvalue weighted by atomic mass is 9.99. The first kappa shape index (κ1) is 20.7. The van der Waals surface area contributed by atoms with Crippen LogP contribution in [0.3, 0.4) is 0 Å². The van der Waals surface area contributed by atoms with Crippen molar-refractivity contribution in [1.82, 2.24) is 9.88 Å². The number of hydrogen-bond acceptors (Lipinski definition) is 1. The predicted molar refractivity (Wildman–Crippen MR) is 130 cm³/mol. The Kier molecular flexibility index (Phi) is 6.26. The maximum absolute atomic E-state index is 6.08. The van der Waals surface area contributed by atoms with Gasteiger partial charge >= 0.3 is 0 Å². The van der Waals surface area contributed by atoms with E-state index >= 15 is 0 Å². The lowest BCUT2D eigenvalue weighted by Crippen LogP contribution is -2.18. The van der Waals surface area contributed by atoms with Crippen LogP contribution >= 0.6 is 11.6 Å². The van der Waals surface area contributed by atoms with Crippen LogP contribution in [0.5, 0.6) is 0 Å². The van der Waals surface area contributed by atoms with Crippen molar-refractivity contribution in [2.45, 2.75) is 46.3 Å². The molecule has 154 valence electrons. The fourth-order valence-electron chi connectivity index (χ4n) is 4.21. The summed E-state index contributed by atoms with van der Waals surface area (Å²) in [5.41, 5.74) is 5.26. The Labute approximate surface area is 184 Å². The summed E-state index contributed by atoms with van der Waals surface area (Å²) < 4.78 is 2.32. The molecule has 0 aliphatic carbocycles. The molecule has 0 amide bonds. The van der Waals surface area contributed by atoms with Gasteiger partial charge in [-0.15, -0.1) is 0 Å². The van der Waals surface area contributed by atoms with Gasteiger partial charge in [0.05, 0.1) is 0 Å². The largest absolute Gasteiger partial charge is 0.347 e. The molecule has 3 aromatic carbocycles. The molecular weight excluding hydrogens is 388 g/mol. The molecule has 0 bridgehead atoms. The number of rotatable bonds is 7. The summed E-state index contributed by atoms with van der Waals surface area (Å²) in [6.45, 7) is 8.17. The molecule has 4 rings (SSSR count). The highest BCUT2D eigenvalue weighted by Crippen LogP contribution is 2.26. The van der Waals surface area contributed by atoms with Gasteiger partial charge in [0.2, 0.25) is 0 Å². The van der Waals surface area contributed by atoms with Crippen molar-refractivity contribution < 1.29 is 0 Å². The quantitative estimate of drug-likeness (QED) is 0.333. The first-order chi connectivity index (χ1) is 14.6. The van der Waals surface area contributed by atoms with Gasteiger partial charge in [-0.25, -0.2) is 0 Å². The Morgan fingerprint density at radius 1 is 1.07 bits per heavy atom. The van der Waals surface area contributed by atoms with E-state index in [4.69, 9.17) is 11.6 Å². The number of hydrogen-bond donors (Lipinski definition) is 1. The zero-order chi connectivity index (χ0) is 21.1. The summed E-state index contributed by atoms with van der Waals surface area (Å²) in [5.74, 6) is 0. The normalized spacial score (nSPS) is 13.3. The number of halogens is 1. The second-order valence-corrected chi connectivity index (χ2v) is 8.55. The Bertz CT molecular complexity index is 1190. The maximum Gasteiger partial charge on any atom is 0.0483 e. The molecule has 1 unspecified atom stereocenters. The molecule has 1 aromatic heterocycles. The highest BCUT2D eigenvalue weighted by Gasteiger charge is 2.11. The zero-order valence-corrected chi connectivity index (χ0v) is 18.7. The summed E-state index contributed by atoms with van der Waals surface area (Å²) in [4.78, 5) is 0. The van der Waals surface area contributed by atoms with Gasteiger partial charge in [0.1, 0.15) is 0 Å². The van der Waals surface area contributed by atoms with Crippen LogP contribution in [0, 0.1) is 0 Å². The summed E-state index contributed by atoms with van der Waals surface area (Å²) in [7, 11) is 0. The number of aryl methyl sites for hydroxylation is 1. The third-order valence-electron chi connectivity index (χ3n) is 5.87. The number of allylic oxidation sites excluding steroid dienone is 2. The molecule has 1 atom stereocenters. The van der Waals surface area contributed by atoms with Crippen LogP contribution < -0.4 is 5.32 Å². The maximum atomic E-state index is 6.08. The van der Waals surface area contributed by atoms with Crippen LogP contribution in [0.2, 0.25) is 0 Å². The van der Waals surface area contributed by atoms with Crippen molar-refractivity contribution in [2.24, 2.45) is 0 Å². The molecule has 0 saturated carbocycles. The molecule has 3 heteroatoms. The van der Waals surface area contributed by atoms with E-state index in [1.165, 1.54) is 38.4 Å². The Morgan fingerprint density at radius 2 is 1.87 bits per heavy atom. The molecule has 0 saturated heterocycles. The third-order valence-corrected chi connectivity index (χ3v) is 6.03. The average Bonchev–Trinajstić information content (AvgIpc) is 3.12. The van der Waals surface area contributed by atoms with Gasteiger partial charge in [-0.2, -0.15) is 0 Å². The molecule has 4 aromatic rings. The van der Waals surface area contributed by atoms with Gasteiger partial charge in [-0.1, -0.05) is 66.2 Å². The van der Waals surface area contributed by atoms with Crippen molar-refractivity contribution in [3.63, 3.8) is 0 Å². The highest BCUT2D eigenvalue weighted by atomic mass is 35.5. The lowest BCUT2D eigenvalue weighted by Gasteiger charge is -2.17. The van der Waals surface area contributed by atoms with E-state index in [1.807, 2.05) is 6.92 Å². The third kappa shape index (κ3) is 4.30. The topological polar surface area (TPSA) is 17.0 Å². The summed E-state index contributed by atoms with van der Waals surface area (Å²) >= 11 is 6.08. The Balaban J connectivity index is 1.57. The minimum atomic E-state index is 0.272. The molecule has 0 fully saturated rings. The number of aromatic nitrogens is 1. The molecular formula is C27H29ClN2. The summed E-state index contributed by atoms with van der Waals surface area (Å²) in [6.07, 6.45) is 5.21.